The lowest BCUT2D eigenvalue weighted by Crippen LogP contribution is -2.90. The minimum Gasteiger partial charge on any atom is -0.479 e. The molecule has 0 aliphatic heterocycles. The van der Waals surface area contributed by atoms with Crippen LogP contribution in [0.5, 0.6) is 0 Å². The zero-order chi connectivity index (χ0) is 13.2. The van der Waals surface area contributed by atoms with Crippen molar-refractivity contribution in [3.05, 3.63) is 0 Å². The van der Waals surface area contributed by atoms with Gasteiger partial charge in [-0.2, -0.15) is 17.6 Å². The first-order chi connectivity index (χ1) is 6.89. The Labute approximate surface area is 82.5 Å². The number of alkyl halides is 6. The van der Waals surface area contributed by atoms with Crippen LogP contribution in [0.25, 0.3) is 0 Å². The Hall–Kier alpha value is -1.48. The first-order valence-electron chi connectivity index (χ1n) is 3.49. The maximum absolute atomic E-state index is 12.8. The zero-order valence-electron chi connectivity index (χ0n) is 6.98. The number of carboxylic acids is 2. The molecule has 1 saturated carbocycles. The Bertz CT molecular complexity index is 329. The van der Waals surface area contributed by atoms with E-state index in [-0.39, 0.29) is 0 Å². The maximum Gasteiger partial charge on any atom is 0.354 e. The van der Waals surface area contributed by atoms with E-state index in [0.717, 1.165) is 0 Å². The first kappa shape index (κ1) is 12.6. The fraction of sp³-hybridized carbons (Fsp3) is 0.667. The number of hydrogen-bond donors (Lipinski definition) is 2. The molecule has 4 nitrogen and oxygen atoms in total. The maximum atomic E-state index is 12.8. The van der Waals surface area contributed by atoms with Gasteiger partial charge in [0.2, 0.25) is 0 Å². The number of carboxylic acid groups (broad SMARTS) is 2. The third-order valence-corrected chi connectivity index (χ3v) is 2.32. The molecule has 1 aliphatic carbocycles. The zero-order valence-corrected chi connectivity index (χ0v) is 6.98. The molecule has 0 radical (unpaired) electrons. The van der Waals surface area contributed by atoms with Crippen molar-refractivity contribution in [2.75, 3.05) is 0 Å². The smallest absolute Gasteiger partial charge is 0.354 e. The van der Waals surface area contributed by atoms with E-state index in [1.165, 1.54) is 0 Å². The molecule has 0 atom stereocenters. The third kappa shape index (κ3) is 0.768. The van der Waals surface area contributed by atoms with Crippen LogP contribution < -0.4 is 0 Å². The predicted octanol–water partition coefficient (Wildman–Crippen LogP) is 0.856. The van der Waals surface area contributed by atoms with Gasteiger partial charge in [-0.05, 0) is 0 Å². The van der Waals surface area contributed by atoms with Crippen molar-refractivity contribution in [2.45, 2.75) is 23.2 Å². The van der Waals surface area contributed by atoms with Crippen molar-refractivity contribution in [1.82, 2.24) is 0 Å². The standard InChI is InChI=1S/C6H2F6O4/c7-3(1(13)14)5(9,10)4(8,2(15)16)6(3,11)12/h(H,13,14)(H,15,16). The molecule has 16 heavy (non-hydrogen) atoms. The van der Waals surface area contributed by atoms with Crippen LogP contribution in [0.1, 0.15) is 0 Å². The van der Waals surface area contributed by atoms with Gasteiger partial charge in [-0.25, -0.2) is 18.4 Å². The average molecular weight is 252 g/mol. The minimum absolute atomic E-state index is 3.34. The van der Waals surface area contributed by atoms with E-state index in [9.17, 15) is 35.9 Å². The molecule has 1 aliphatic rings. The molecule has 1 fully saturated rings. The highest BCUT2D eigenvalue weighted by Gasteiger charge is 3.04. The quantitative estimate of drug-likeness (QED) is 0.714. The van der Waals surface area contributed by atoms with E-state index in [0.29, 0.717) is 0 Å². The summed E-state index contributed by atoms with van der Waals surface area (Å²) in [7, 11) is 0. The number of halogens is 6. The molecule has 0 bridgehead atoms. The molecular formula is C6H2F6O4. The molecule has 0 amide bonds. The molecule has 2 N–H and O–H groups in total. The summed E-state index contributed by atoms with van der Waals surface area (Å²) in [6, 6.07) is 0. The van der Waals surface area contributed by atoms with Gasteiger partial charge in [-0.15, -0.1) is 0 Å². The summed E-state index contributed by atoms with van der Waals surface area (Å²) in [5.41, 5.74) is -11.2. The SMILES string of the molecule is O=C(O)C1(F)C(F)(F)C(F)(C(=O)O)C1(F)F. The lowest BCUT2D eigenvalue weighted by Gasteiger charge is -2.53. The molecule has 92 valence electrons. The van der Waals surface area contributed by atoms with Crippen molar-refractivity contribution in [2.24, 2.45) is 0 Å². The lowest BCUT2D eigenvalue weighted by molar-refractivity contribution is -0.410. The second-order valence-corrected chi connectivity index (χ2v) is 3.08. The molecule has 0 saturated heterocycles. The fourth-order valence-electron chi connectivity index (χ4n) is 1.34. The Morgan fingerprint density at radius 1 is 0.688 bits per heavy atom. The van der Waals surface area contributed by atoms with Crippen molar-refractivity contribution in [3.8, 4) is 0 Å². The van der Waals surface area contributed by atoms with Crippen LogP contribution in [0.3, 0.4) is 0 Å². The Kier molecular flexibility index (Phi) is 2.05. The van der Waals surface area contributed by atoms with Crippen LogP contribution in [0.4, 0.5) is 26.3 Å². The normalized spacial score (nSPS) is 39.9. The molecule has 10 heteroatoms. The summed E-state index contributed by atoms with van der Waals surface area (Å²) in [6.45, 7) is 0. The number of aliphatic carboxylic acids is 2. The van der Waals surface area contributed by atoms with E-state index in [1.54, 1.807) is 0 Å². The number of carbonyl (C=O) groups is 2. The Balaban J connectivity index is 3.46. The van der Waals surface area contributed by atoms with Gasteiger partial charge in [-0.1, -0.05) is 0 Å². The summed E-state index contributed by atoms with van der Waals surface area (Å²) >= 11 is 0. The van der Waals surface area contributed by atoms with Crippen LogP contribution in [-0.2, 0) is 9.59 Å². The highest BCUT2D eigenvalue weighted by Crippen LogP contribution is 2.68. The van der Waals surface area contributed by atoms with E-state index < -0.39 is 35.1 Å². The monoisotopic (exact) mass is 252 g/mol. The van der Waals surface area contributed by atoms with Crippen LogP contribution in [0, 0.1) is 0 Å². The Morgan fingerprint density at radius 3 is 1.00 bits per heavy atom. The van der Waals surface area contributed by atoms with Crippen LogP contribution in [0.15, 0.2) is 0 Å². The summed E-state index contributed by atoms with van der Waals surface area (Å²) in [5, 5.41) is 15.8. The molecule has 0 unspecified atom stereocenters. The van der Waals surface area contributed by atoms with Gasteiger partial charge < -0.3 is 10.2 Å². The van der Waals surface area contributed by atoms with Crippen molar-refractivity contribution in [1.29, 1.82) is 0 Å². The molecule has 0 aromatic heterocycles. The third-order valence-electron chi connectivity index (χ3n) is 2.32. The molecular weight excluding hydrogens is 250 g/mol. The second-order valence-electron chi connectivity index (χ2n) is 3.08. The van der Waals surface area contributed by atoms with E-state index in [2.05, 4.69) is 0 Å². The molecule has 0 aromatic carbocycles. The van der Waals surface area contributed by atoms with E-state index in [4.69, 9.17) is 10.2 Å². The van der Waals surface area contributed by atoms with E-state index in [1.807, 2.05) is 0 Å². The summed E-state index contributed by atoms with van der Waals surface area (Å²) < 4.78 is 76.2. The second kappa shape index (κ2) is 2.61. The van der Waals surface area contributed by atoms with Crippen LogP contribution in [-0.4, -0.2) is 45.3 Å². The molecule has 1 rings (SSSR count). The summed E-state index contributed by atoms with van der Waals surface area (Å²) in [5.74, 6) is -18.4. The summed E-state index contributed by atoms with van der Waals surface area (Å²) in [4.78, 5) is 19.9. The largest absolute Gasteiger partial charge is 0.479 e. The van der Waals surface area contributed by atoms with Gasteiger partial charge in [-0.3, -0.25) is 0 Å². The number of hydrogen-bond acceptors (Lipinski definition) is 2. The van der Waals surface area contributed by atoms with E-state index >= 15 is 0 Å². The van der Waals surface area contributed by atoms with Crippen molar-refractivity contribution < 1.29 is 46.1 Å². The topological polar surface area (TPSA) is 74.6 Å². The summed E-state index contributed by atoms with van der Waals surface area (Å²) in [6.07, 6.45) is 0. The van der Waals surface area contributed by atoms with Gasteiger partial charge in [0.15, 0.2) is 0 Å². The van der Waals surface area contributed by atoms with Gasteiger partial charge in [0.1, 0.15) is 0 Å². The highest BCUT2D eigenvalue weighted by atomic mass is 19.3. The number of rotatable bonds is 2. The first-order valence-corrected chi connectivity index (χ1v) is 3.49. The van der Waals surface area contributed by atoms with Crippen molar-refractivity contribution >= 4 is 11.9 Å². The fourth-order valence-corrected chi connectivity index (χ4v) is 1.34. The molecule has 0 heterocycles. The molecule has 0 aromatic rings. The van der Waals surface area contributed by atoms with Gasteiger partial charge in [0.25, 0.3) is 0 Å². The predicted molar refractivity (Wildman–Crippen MR) is 32.8 cm³/mol. The van der Waals surface area contributed by atoms with Gasteiger partial charge >= 0.3 is 35.1 Å². The highest BCUT2D eigenvalue weighted by molar-refractivity contribution is 5.94. The lowest BCUT2D eigenvalue weighted by atomic mass is 9.61. The van der Waals surface area contributed by atoms with Crippen LogP contribution in [0.2, 0.25) is 0 Å². The van der Waals surface area contributed by atoms with Gasteiger partial charge in [0, 0.05) is 0 Å². The minimum atomic E-state index is -5.87. The molecule has 0 spiro atoms. The Morgan fingerprint density at radius 2 is 0.875 bits per heavy atom. The van der Waals surface area contributed by atoms with Crippen LogP contribution >= 0.6 is 0 Å². The average Bonchev–Trinajstić information content (AvgIpc) is 2.12. The van der Waals surface area contributed by atoms with Gasteiger partial charge in [0.05, 0.1) is 0 Å². The van der Waals surface area contributed by atoms with Crippen molar-refractivity contribution in [3.63, 3.8) is 0 Å².